The molecule has 1 aliphatic rings. The molecule has 3 heteroatoms. The fourth-order valence-electron chi connectivity index (χ4n) is 2.14. The first kappa shape index (κ1) is 9.90. The van der Waals surface area contributed by atoms with E-state index < -0.39 is 6.09 Å². The van der Waals surface area contributed by atoms with Gasteiger partial charge in [-0.1, -0.05) is 24.3 Å². The van der Waals surface area contributed by atoms with Gasteiger partial charge < -0.3 is 5.11 Å². The van der Waals surface area contributed by atoms with Crippen molar-refractivity contribution in [1.29, 1.82) is 0 Å². The fourth-order valence-corrected chi connectivity index (χ4v) is 2.14. The van der Waals surface area contributed by atoms with Gasteiger partial charge >= 0.3 is 6.09 Å². The molecule has 1 amide bonds. The number of carbonyl (C=O) groups is 1. The van der Waals surface area contributed by atoms with Crippen LogP contribution in [0.15, 0.2) is 42.6 Å². The van der Waals surface area contributed by atoms with E-state index in [0.717, 1.165) is 16.5 Å². The van der Waals surface area contributed by atoms with Crippen LogP contribution in [0.5, 0.6) is 0 Å². The van der Waals surface area contributed by atoms with Crippen LogP contribution in [0, 0.1) is 0 Å². The third kappa shape index (κ3) is 1.65. The van der Waals surface area contributed by atoms with Crippen molar-refractivity contribution in [2.24, 2.45) is 0 Å². The summed E-state index contributed by atoms with van der Waals surface area (Å²) in [7, 11) is 0. The number of hydrogen-bond donors (Lipinski definition) is 1. The maximum absolute atomic E-state index is 10.9. The molecule has 0 saturated carbocycles. The standard InChI is InChI=1S/C14H11NO2/c16-14(17)15-6-5-12-7-10-3-1-2-4-11(10)8-13(12)9-15/h1-8H,9H2,(H,16,17). The second-order valence-electron chi connectivity index (χ2n) is 4.12. The predicted molar refractivity (Wildman–Crippen MR) is 66.5 cm³/mol. The number of rotatable bonds is 0. The highest BCUT2D eigenvalue weighted by Crippen LogP contribution is 2.25. The Morgan fingerprint density at radius 2 is 1.88 bits per heavy atom. The molecule has 17 heavy (non-hydrogen) atoms. The lowest BCUT2D eigenvalue weighted by Crippen LogP contribution is -2.25. The molecule has 0 atom stereocenters. The Bertz CT molecular complexity index is 631. The Morgan fingerprint density at radius 1 is 1.18 bits per heavy atom. The molecule has 0 radical (unpaired) electrons. The molecule has 0 fully saturated rings. The van der Waals surface area contributed by atoms with Crippen LogP contribution in [-0.4, -0.2) is 16.1 Å². The summed E-state index contributed by atoms with van der Waals surface area (Å²) >= 11 is 0. The second kappa shape index (κ2) is 3.63. The first-order valence-electron chi connectivity index (χ1n) is 5.43. The lowest BCUT2D eigenvalue weighted by Gasteiger charge is -2.21. The Hall–Kier alpha value is -2.29. The number of benzene rings is 2. The van der Waals surface area contributed by atoms with Crippen LogP contribution in [-0.2, 0) is 6.54 Å². The number of hydrogen-bond acceptors (Lipinski definition) is 1. The zero-order valence-electron chi connectivity index (χ0n) is 9.13. The van der Waals surface area contributed by atoms with Crippen molar-refractivity contribution in [2.45, 2.75) is 6.54 Å². The van der Waals surface area contributed by atoms with E-state index in [0.29, 0.717) is 6.54 Å². The molecule has 1 heterocycles. The summed E-state index contributed by atoms with van der Waals surface area (Å²) in [5.41, 5.74) is 2.15. The topological polar surface area (TPSA) is 40.5 Å². The normalized spacial score (nSPS) is 13.8. The Morgan fingerprint density at radius 3 is 2.59 bits per heavy atom. The van der Waals surface area contributed by atoms with Crippen molar-refractivity contribution in [3.63, 3.8) is 0 Å². The molecule has 2 aromatic rings. The van der Waals surface area contributed by atoms with E-state index in [1.807, 2.05) is 24.3 Å². The van der Waals surface area contributed by atoms with Crippen molar-refractivity contribution in [1.82, 2.24) is 4.90 Å². The molecule has 2 aromatic carbocycles. The maximum Gasteiger partial charge on any atom is 0.411 e. The molecule has 0 aromatic heterocycles. The Balaban J connectivity index is 2.13. The van der Waals surface area contributed by atoms with Gasteiger partial charge in [0, 0.05) is 6.20 Å². The maximum atomic E-state index is 10.9. The molecular weight excluding hydrogens is 214 g/mol. The third-order valence-corrected chi connectivity index (χ3v) is 3.03. The number of fused-ring (bicyclic) bond motifs is 2. The number of nitrogens with zero attached hydrogens (tertiary/aromatic N) is 1. The summed E-state index contributed by atoms with van der Waals surface area (Å²) in [6.45, 7) is 0.423. The molecule has 0 saturated heterocycles. The molecule has 0 aliphatic carbocycles. The molecule has 1 aliphatic heterocycles. The van der Waals surface area contributed by atoms with Crippen molar-refractivity contribution >= 4 is 22.9 Å². The van der Waals surface area contributed by atoms with Crippen LogP contribution in [0.4, 0.5) is 4.79 Å². The van der Waals surface area contributed by atoms with Crippen molar-refractivity contribution in [2.75, 3.05) is 0 Å². The zero-order chi connectivity index (χ0) is 11.8. The number of carboxylic acid groups (broad SMARTS) is 1. The largest absolute Gasteiger partial charge is 0.465 e. The SMILES string of the molecule is O=C(O)N1C=Cc2cc3ccccc3cc2C1. The first-order valence-corrected chi connectivity index (χ1v) is 5.43. The van der Waals surface area contributed by atoms with Crippen LogP contribution < -0.4 is 0 Å². The molecule has 0 unspecified atom stereocenters. The molecular formula is C14H11NO2. The average Bonchev–Trinajstić information content (AvgIpc) is 2.35. The van der Waals surface area contributed by atoms with E-state index in [1.54, 1.807) is 6.20 Å². The van der Waals surface area contributed by atoms with E-state index in [2.05, 4.69) is 18.2 Å². The first-order chi connectivity index (χ1) is 8.24. The Labute approximate surface area is 98.6 Å². The molecule has 0 spiro atoms. The smallest absolute Gasteiger partial charge is 0.411 e. The summed E-state index contributed by atoms with van der Waals surface area (Å²) in [4.78, 5) is 12.2. The van der Waals surface area contributed by atoms with Crippen LogP contribution in [0.2, 0.25) is 0 Å². The molecule has 84 valence electrons. The van der Waals surface area contributed by atoms with Crippen LogP contribution >= 0.6 is 0 Å². The quantitative estimate of drug-likeness (QED) is 0.747. The van der Waals surface area contributed by atoms with Crippen molar-refractivity contribution in [3.05, 3.63) is 53.7 Å². The predicted octanol–water partition coefficient (Wildman–Crippen LogP) is 3.30. The zero-order valence-corrected chi connectivity index (χ0v) is 9.13. The van der Waals surface area contributed by atoms with E-state index in [9.17, 15) is 4.79 Å². The minimum atomic E-state index is -0.917. The van der Waals surface area contributed by atoms with Gasteiger partial charge in [0.25, 0.3) is 0 Å². The summed E-state index contributed by atoms with van der Waals surface area (Å²) in [5.74, 6) is 0. The molecule has 1 N–H and O–H groups in total. The highest BCUT2D eigenvalue weighted by Gasteiger charge is 2.15. The summed E-state index contributed by atoms with van der Waals surface area (Å²) in [6.07, 6.45) is 2.54. The van der Waals surface area contributed by atoms with E-state index in [4.69, 9.17) is 5.11 Å². The highest BCUT2D eigenvalue weighted by atomic mass is 16.4. The Kier molecular flexibility index (Phi) is 2.11. The summed E-state index contributed by atoms with van der Waals surface area (Å²) < 4.78 is 0. The van der Waals surface area contributed by atoms with Gasteiger partial charge in [0.2, 0.25) is 0 Å². The van der Waals surface area contributed by atoms with Gasteiger partial charge in [0.05, 0.1) is 6.54 Å². The highest BCUT2D eigenvalue weighted by molar-refractivity contribution is 5.86. The van der Waals surface area contributed by atoms with Crippen molar-refractivity contribution in [3.8, 4) is 0 Å². The second-order valence-corrected chi connectivity index (χ2v) is 4.12. The minimum Gasteiger partial charge on any atom is -0.465 e. The van der Waals surface area contributed by atoms with Gasteiger partial charge in [-0.2, -0.15) is 0 Å². The van der Waals surface area contributed by atoms with Gasteiger partial charge in [0.15, 0.2) is 0 Å². The molecule has 3 nitrogen and oxygen atoms in total. The molecule has 0 bridgehead atoms. The monoisotopic (exact) mass is 225 g/mol. The van der Waals surface area contributed by atoms with Crippen LogP contribution in [0.3, 0.4) is 0 Å². The van der Waals surface area contributed by atoms with Gasteiger partial charge in [-0.05, 0) is 40.1 Å². The molecule has 3 rings (SSSR count). The van der Waals surface area contributed by atoms with Gasteiger partial charge in [-0.15, -0.1) is 0 Å². The van der Waals surface area contributed by atoms with E-state index >= 15 is 0 Å². The average molecular weight is 225 g/mol. The number of amides is 1. The van der Waals surface area contributed by atoms with Crippen LogP contribution in [0.25, 0.3) is 16.8 Å². The van der Waals surface area contributed by atoms with Gasteiger partial charge in [-0.3, -0.25) is 4.90 Å². The van der Waals surface area contributed by atoms with Gasteiger partial charge in [-0.25, -0.2) is 4.79 Å². The minimum absolute atomic E-state index is 0.423. The summed E-state index contributed by atoms with van der Waals surface area (Å²) in [5, 5.41) is 11.3. The van der Waals surface area contributed by atoms with E-state index in [-0.39, 0.29) is 0 Å². The lowest BCUT2D eigenvalue weighted by atomic mass is 9.99. The van der Waals surface area contributed by atoms with E-state index in [1.165, 1.54) is 10.3 Å². The lowest BCUT2D eigenvalue weighted by molar-refractivity contribution is 0.161. The van der Waals surface area contributed by atoms with Crippen LogP contribution in [0.1, 0.15) is 11.1 Å². The van der Waals surface area contributed by atoms with Crippen molar-refractivity contribution < 1.29 is 9.90 Å². The van der Waals surface area contributed by atoms with Gasteiger partial charge in [0.1, 0.15) is 0 Å². The summed E-state index contributed by atoms with van der Waals surface area (Å²) in [6, 6.07) is 12.3. The third-order valence-electron chi connectivity index (χ3n) is 3.03. The fraction of sp³-hybridized carbons (Fsp3) is 0.0714.